The number of rotatable bonds is 9. The van der Waals surface area contributed by atoms with Crippen molar-refractivity contribution in [3.8, 4) is 5.75 Å². The van der Waals surface area contributed by atoms with Crippen molar-refractivity contribution >= 4 is 43.9 Å². The van der Waals surface area contributed by atoms with Crippen LogP contribution in [0.15, 0.2) is 95.1 Å². The molecule has 3 heterocycles. The molecule has 0 saturated carbocycles. The van der Waals surface area contributed by atoms with Crippen LogP contribution in [0.4, 0.5) is 5.69 Å². The van der Waals surface area contributed by atoms with Gasteiger partial charge in [0.25, 0.3) is 5.56 Å². The van der Waals surface area contributed by atoms with E-state index in [9.17, 15) is 9.59 Å². The zero-order chi connectivity index (χ0) is 27.3. The number of nitrogens with zero attached hydrogens (tertiary/aromatic N) is 3. The van der Waals surface area contributed by atoms with Gasteiger partial charge in [0.05, 0.1) is 18.5 Å². The van der Waals surface area contributed by atoms with E-state index < -0.39 is 0 Å². The summed E-state index contributed by atoms with van der Waals surface area (Å²) < 4.78 is 8.68. The van der Waals surface area contributed by atoms with Crippen LogP contribution in [0.5, 0.6) is 5.75 Å². The van der Waals surface area contributed by atoms with E-state index in [1.165, 1.54) is 26.4 Å². The van der Waals surface area contributed by atoms with E-state index in [0.717, 1.165) is 56.5 Å². The number of anilines is 1. The third-order valence-electron chi connectivity index (χ3n) is 7.64. The Labute approximate surface area is 238 Å². The fourth-order valence-corrected chi connectivity index (χ4v) is 6.31. The van der Waals surface area contributed by atoms with Crippen LogP contribution in [0.3, 0.4) is 0 Å². The second-order valence-corrected chi connectivity index (χ2v) is 11.2. The van der Waals surface area contributed by atoms with Crippen LogP contribution in [-0.4, -0.2) is 54.7 Å². The van der Waals surface area contributed by atoms with Crippen molar-refractivity contribution < 1.29 is 9.53 Å². The molecule has 0 radical (unpaired) electrons. The zero-order valence-electron chi connectivity index (χ0n) is 22.5. The average Bonchev–Trinajstić information content (AvgIpc) is 3.47. The molecule has 1 saturated heterocycles. The van der Waals surface area contributed by atoms with Crippen molar-refractivity contribution in [1.29, 1.82) is 0 Å². The standard InChI is InChI=1S/C33H33N3O3S/c37-32-14-12-26-11-13-27(24-30(26)36(32)33(38)23-25-7-2-1-3-8-25)39-21-5-4-16-34-17-19-35(20-18-34)29-9-6-10-31-28(29)15-22-40-31/h1-3,6-15,22,24H,4-5,16-21,23H2. The lowest BCUT2D eigenvalue weighted by molar-refractivity contribution is 0.0915. The molecule has 0 bridgehead atoms. The molecule has 0 amide bonds. The fourth-order valence-electron chi connectivity index (χ4n) is 5.50. The number of hydrogen-bond acceptors (Lipinski definition) is 6. The Bertz CT molecular complexity index is 1670. The van der Waals surface area contributed by atoms with E-state index in [2.05, 4.69) is 39.4 Å². The van der Waals surface area contributed by atoms with Crippen molar-refractivity contribution in [2.24, 2.45) is 0 Å². The van der Waals surface area contributed by atoms with Crippen LogP contribution < -0.4 is 15.2 Å². The molecule has 204 valence electrons. The van der Waals surface area contributed by atoms with Crippen LogP contribution in [-0.2, 0) is 6.42 Å². The van der Waals surface area contributed by atoms with Gasteiger partial charge in [0, 0.05) is 54.1 Å². The van der Waals surface area contributed by atoms with Gasteiger partial charge in [0.1, 0.15) is 5.75 Å². The molecule has 1 aliphatic heterocycles. The van der Waals surface area contributed by atoms with Crippen molar-refractivity contribution in [2.45, 2.75) is 19.3 Å². The molecule has 7 heteroatoms. The number of ether oxygens (including phenoxy) is 1. The number of unbranched alkanes of at least 4 members (excludes halogenated alkanes) is 1. The highest BCUT2D eigenvalue weighted by atomic mass is 32.1. The molecule has 0 aliphatic carbocycles. The molecule has 40 heavy (non-hydrogen) atoms. The van der Waals surface area contributed by atoms with E-state index in [1.807, 2.05) is 48.5 Å². The summed E-state index contributed by atoms with van der Waals surface area (Å²) in [6.07, 6.45) is 2.18. The smallest absolute Gasteiger partial charge is 0.257 e. The highest BCUT2D eigenvalue weighted by Crippen LogP contribution is 2.31. The molecule has 5 aromatic rings. The lowest BCUT2D eigenvalue weighted by atomic mass is 10.1. The second kappa shape index (κ2) is 12.1. The molecule has 0 N–H and O–H groups in total. The number of thiophene rings is 1. The Balaban J connectivity index is 1.00. The number of piperazine rings is 1. The molecule has 0 unspecified atom stereocenters. The fraction of sp³-hybridized carbons (Fsp3) is 0.273. The van der Waals surface area contributed by atoms with E-state index in [1.54, 1.807) is 17.4 Å². The maximum Gasteiger partial charge on any atom is 0.257 e. The van der Waals surface area contributed by atoms with Gasteiger partial charge < -0.3 is 9.64 Å². The molecular weight excluding hydrogens is 518 g/mol. The number of aromatic nitrogens is 1. The van der Waals surface area contributed by atoms with E-state index in [0.29, 0.717) is 17.9 Å². The minimum absolute atomic E-state index is 0.170. The molecule has 6 rings (SSSR count). The van der Waals surface area contributed by atoms with E-state index in [-0.39, 0.29) is 17.9 Å². The SMILES string of the molecule is O=C(Cc1ccccc1)n1c(=O)ccc2ccc(OCCCCN3CCN(c4cccc5sccc45)CC3)cc21. The number of carbonyl (C=O) groups excluding carboxylic acids is 1. The Morgan fingerprint density at radius 1 is 0.850 bits per heavy atom. The molecule has 6 nitrogen and oxygen atoms in total. The highest BCUT2D eigenvalue weighted by molar-refractivity contribution is 7.17. The summed E-state index contributed by atoms with van der Waals surface area (Å²) in [5.41, 5.74) is 2.50. The molecule has 3 aromatic carbocycles. The summed E-state index contributed by atoms with van der Waals surface area (Å²) >= 11 is 1.80. The third kappa shape index (κ3) is 5.81. The van der Waals surface area contributed by atoms with Crippen LogP contribution in [0.25, 0.3) is 21.0 Å². The van der Waals surface area contributed by atoms with Gasteiger partial charge in [-0.15, -0.1) is 11.3 Å². The maximum atomic E-state index is 13.1. The Kier molecular flexibility index (Phi) is 7.93. The highest BCUT2D eigenvalue weighted by Gasteiger charge is 2.18. The van der Waals surface area contributed by atoms with Gasteiger partial charge in [-0.1, -0.05) is 36.4 Å². The number of benzene rings is 3. The molecule has 1 fully saturated rings. The Morgan fingerprint density at radius 2 is 1.68 bits per heavy atom. The number of pyridine rings is 1. The minimum atomic E-state index is -0.322. The minimum Gasteiger partial charge on any atom is -0.494 e. The monoisotopic (exact) mass is 551 g/mol. The van der Waals surface area contributed by atoms with Crippen LogP contribution in [0.2, 0.25) is 0 Å². The van der Waals surface area contributed by atoms with Gasteiger partial charge in [-0.3, -0.25) is 14.5 Å². The van der Waals surface area contributed by atoms with Gasteiger partial charge in [-0.25, -0.2) is 4.57 Å². The van der Waals surface area contributed by atoms with Gasteiger partial charge in [0.15, 0.2) is 0 Å². The molecule has 0 atom stereocenters. The summed E-state index contributed by atoms with van der Waals surface area (Å²) in [5, 5.41) is 4.38. The van der Waals surface area contributed by atoms with Gasteiger partial charge in [0.2, 0.25) is 5.91 Å². The molecular formula is C33H33N3O3S. The predicted octanol–water partition coefficient (Wildman–Crippen LogP) is 6.08. The predicted molar refractivity (Wildman–Crippen MR) is 164 cm³/mol. The van der Waals surface area contributed by atoms with Gasteiger partial charge >= 0.3 is 0 Å². The summed E-state index contributed by atoms with van der Waals surface area (Å²) in [5.74, 6) is 0.432. The summed E-state index contributed by atoms with van der Waals surface area (Å²) in [6, 6.07) is 27.2. The van der Waals surface area contributed by atoms with Crippen molar-refractivity contribution in [2.75, 3.05) is 44.2 Å². The summed E-state index contributed by atoms with van der Waals surface area (Å²) in [7, 11) is 0. The van der Waals surface area contributed by atoms with E-state index in [4.69, 9.17) is 4.74 Å². The molecule has 0 spiro atoms. The second-order valence-electron chi connectivity index (χ2n) is 10.3. The van der Waals surface area contributed by atoms with Crippen molar-refractivity contribution in [1.82, 2.24) is 9.47 Å². The first-order chi connectivity index (χ1) is 19.7. The summed E-state index contributed by atoms with van der Waals surface area (Å²) in [6.45, 7) is 5.90. The first-order valence-corrected chi connectivity index (χ1v) is 14.8. The summed E-state index contributed by atoms with van der Waals surface area (Å²) in [4.78, 5) is 30.8. The van der Waals surface area contributed by atoms with Crippen molar-refractivity contribution in [3.63, 3.8) is 0 Å². The largest absolute Gasteiger partial charge is 0.494 e. The van der Waals surface area contributed by atoms with Gasteiger partial charge in [-0.05, 0) is 72.1 Å². The topological polar surface area (TPSA) is 54.8 Å². The van der Waals surface area contributed by atoms with Crippen LogP contribution in [0, 0.1) is 0 Å². The maximum absolute atomic E-state index is 13.1. The number of carbonyl (C=O) groups is 1. The van der Waals surface area contributed by atoms with Crippen LogP contribution >= 0.6 is 11.3 Å². The normalized spacial score (nSPS) is 14.2. The first-order valence-electron chi connectivity index (χ1n) is 13.9. The quantitative estimate of drug-likeness (QED) is 0.208. The number of hydrogen-bond donors (Lipinski definition) is 0. The van der Waals surface area contributed by atoms with E-state index >= 15 is 0 Å². The van der Waals surface area contributed by atoms with Gasteiger partial charge in [-0.2, -0.15) is 0 Å². The average molecular weight is 552 g/mol. The molecule has 1 aliphatic rings. The third-order valence-corrected chi connectivity index (χ3v) is 8.52. The Morgan fingerprint density at radius 3 is 2.52 bits per heavy atom. The zero-order valence-corrected chi connectivity index (χ0v) is 23.3. The lowest BCUT2D eigenvalue weighted by Crippen LogP contribution is -2.46. The lowest BCUT2D eigenvalue weighted by Gasteiger charge is -2.36. The van der Waals surface area contributed by atoms with Crippen molar-refractivity contribution in [3.05, 3.63) is 106 Å². The Hall–Kier alpha value is -3.94. The first kappa shape index (κ1) is 26.3. The number of fused-ring (bicyclic) bond motifs is 2. The van der Waals surface area contributed by atoms with Crippen LogP contribution in [0.1, 0.15) is 23.2 Å². The molecule has 2 aromatic heterocycles.